The lowest BCUT2D eigenvalue weighted by Crippen LogP contribution is -2.43. The molecular formula is C20H21N3O3S. The third-order valence-electron chi connectivity index (χ3n) is 3.81. The van der Waals surface area contributed by atoms with E-state index in [9.17, 15) is 4.79 Å². The number of fused-ring (bicyclic) bond motifs is 1. The largest absolute Gasteiger partial charge is 0.490 e. The summed E-state index contributed by atoms with van der Waals surface area (Å²) in [6, 6.07) is 13.3. The number of aryl methyl sites for hydroxylation is 1. The van der Waals surface area contributed by atoms with E-state index in [0.717, 1.165) is 29.0 Å². The Morgan fingerprint density at radius 3 is 2.56 bits per heavy atom. The molecule has 0 aliphatic carbocycles. The highest BCUT2D eigenvalue weighted by Gasteiger charge is 2.09. The molecule has 1 amide bonds. The summed E-state index contributed by atoms with van der Waals surface area (Å²) in [7, 11) is 0. The van der Waals surface area contributed by atoms with Gasteiger partial charge in [0.25, 0.3) is 5.91 Å². The minimum absolute atomic E-state index is 0.302. The number of benzene rings is 2. The highest BCUT2D eigenvalue weighted by molar-refractivity contribution is 7.80. The van der Waals surface area contributed by atoms with Crippen LogP contribution in [0.1, 0.15) is 17.5 Å². The molecule has 0 aromatic heterocycles. The first-order valence-corrected chi connectivity index (χ1v) is 9.02. The highest BCUT2D eigenvalue weighted by Crippen LogP contribution is 2.30. The lowest BCUT2D eigenvalue weighted by molar-refractivity contribution is -0.116. The number of thiocarbonyl (C=S) groups is 1. The third kappa shape index (κ3) is 5.72. The van der Waals surface area contributed by atoms with Crippen LogP contribution < -0.4 is 25.6 Å². The number of carbonyl (C=O) groups is 1. The van der Waals surface area contributed by atoms with Gasteiger partial charge in [-0.1, -0.05) is 23.8 Å². The molecule has 0 unspecified atom stereocenters. The van der Waals surface area contributed by atoms with Gasteiger partial charge in [-0.25, -0.2) is 0 Å². The number of hydrogen-bond donors (Lipinski definition) is 3. The van der Waals surface area contributed by atoms with Crippen LogP contribution in [0.5, 0.6) is 11.5 Å². The Morgan fingerprint density at radius 2 is 1.78 bits per heavy atom. The monoisotopic (exact) mass is 383 g/mol. The molecular weight excluding hydrogens is 362 g/mol. The Bertz CT molecular complexity index is 850. The molecule has 0 atom stereocenters. The van der Waals surface area contributed by atoms with Crippen molar-refractivity contribution in [1.29, 1.82) is 0 Å². The van der Waals surface area contributed by atoms with Crippen molar-refractivity contribution in [2.75, 3.05) is 18.5 Å². The van der Waals surface area contributed by atoms with Crippen molar-refractivity contribution in [3.8, 4) is 11.5 Å². The molecule has 0 spiro atoms. The van der Waals surface area contributed by atoms with Crippen LogP contribution in [-0.2, 0) is 4.79 Å². The van der Waals surface area contributed by atoms with Crippen molar-refractivity contribution in [3.63, 3.8) is 0 Å². The van der Waals surface area contributed by atoms with E-state index < -0.39 is 0 Å². The molecule has 2 aromatic rings. The molecule has 7 heteroatoms. The Morgan fingerprint density at radius 1 is 1.04 bits per heavy atom. The van der Waals surface area contributed by atoms with Crippen LogP contribution in [0.25, 0.3) is 6.08 Å². The molecule has 3 rings (SSSR count). The molecule has 2 aromatic carbocycles. The first-order chi connectivity index (χ1) is 13.1. The topological polar surface area (TPSA) is 71.6 Å². The number of carbonyl (C=O) groups excluding carboxylic acids is 1. The second kappa shape index (κ2) is 9.05. The van der Waals surface area contributed by atoms with Crippen molar-refractivity contribution in [2.45, 2.75) is 13.3 Å². The fraction of sp³-hybridized carbons (Fsp3) is 0.200. The standard InChI is InChI=1S/C20H21N3O3S/c1-14-3-7-16(8-4-14)21-20(27)23-22-19(24)10-6-15-5-9-17-18(13-15)26-12-2-11-25-17/h3-10,13H,2,11-12H2,1H3,(H,22,24)(H2,21,23,27). The van der Waals surface area contributed by atoms with Gasteiger partial charge >= 0.3 is 0 Å². The van der Waals surface area contributed by atoms with E-state index in [1.807, 2.05) is 49.4 Å². The van der Waals surface area contributed by atoms with Crippen LogP contribution in [0.15, 0.2) is 48.5 Å². The zero-order valence-corrected chi connectivity index (χ0v) is 15.8. The van der Waals surface area contributed by atoms with Gasteiger partial charge in [0.15, 0.2) is 16.6 Å². The maximum atomic E-state index is 12.0. The fourth-order valence-corrected chi connectivity index (χ4v) is 2.58. The normalized spacial score (nSPS) is 12.9. The summed E-state index contributed by atoms with van der Waals surface area (Å²) in [5, 5.41) is 3.29. The van der Waals surface area contributed by atoms with Crippen molar-refractivity contribution >= 4 is 35.0 Å². The number of hydrogen-bond acceptors (Lipinski definition) is 4. The molecule has 6 nitrogen and oxygen atoms in total. The van der Waals surface area contributed by atoms with Gasteiger partial charge in [0.05, 0.1) is 13.2 Å². The van der Waals surface area contributed by atoms with Crippen molar-refractivity contribution < 1.29 is 14.3 Å². The second-order valence-electron chi connectivity index (χ2n) is 6.02. The molecule has 0 bridgehead atoms. The van der Waals surface area contributed by atoms with Gasteiger partial charge in [-0.3, -0.25) is 15.6 Å². The minimum atomic E-state index is -0.324. The minimum Gasteiger partial charge on any atom is -0.490 e. The van der Waals surface area contributed by atoms with Crippen LogP contribution in [0.2, 0.25) is 0 Å². The molecule has 1 heterocycles. The van der Waals surface area contributed by atoms with E-state index in [-0.39, 0.29) is 5.91 Å². The Hall–Kier alpha value is -3.06. The lowest BCUT2D eigenvalue weighted by atomic mass is 10.2. The maximum Gasteiger partial charge on any atom is 0.262 e. The van der Waals surface area contributed by atoms with Gasteiger partial charge in [-0.2, -0.15) is 0 Å². The average molecular weight is 383 g/mol. The summed E-state index contributed by atoms with van der Waals surface area (Å²) < 4.78 is 11.2. The van der Waals surface area contributed by atoms with Gasteiger partial charge in [-0.15, -0.1) is 0 Å². The number of anilines is 1. The van der Waals surface area contributed by atoms with Crippen LogP contribution in [-0.4, -0.2) is 24.2 Å². The quantitative estimate of drug-likeness (QED) is 0.430. The van der Waals surface area contributed by atoms with Crippen molar-refractivity contribution in [2.24, 2.45) is 0 Å². The summed E-state index contributed by atoms with van der Waals surface area (Å²) in [5.74, 6) is 1.09. The summed E-state index contributed by atoms with van der Waals surface area (Å²) in [6.45, 7) is 3.28. The van der Waals surface area contributed by atoms with Crippen LogP contribution in [0.3, 0.4) is 0 Å². The summed E-state index contributed by atoms with van der Waals surface area (Å²) in [5.41, 5.74) is 8.03. The van der Waals surface area contributed by atoms with Crippen molar-refractivity contribution in [3.05, 3.63) is 59.7 Å². The number of nitrogens with one attached hydrogen (secondary N) is 3. The first kappa shape index (κ1) is 18.7. The molecule has 0 saturated heterocycles. The average Bonchev–Trinajstić information content (AvgIpc) is 2.91. The Kier molecular flexibility index (Phi) is 6.27. The molecule has 0 fully saturated rings. The van der Waals surface area contributed by atoms with Gasteiger partial charge in [0.2, 0.25) is 0 Å². The molecule has 0 radical (unpaired) electrons. The Labute approximate surface area is 163 Å². The third-order valence-corrected chi connectivity index (χ3v) is 4.01. The number of amides is 1. The molecule has 0 saturated carbocycles. The number of rotatable bonds is 3. The number of ether oxygens (including phenoxy) is 2. The molecule has 1 aliphatic heterocycles. The van der Waals surface area contributed by atoms with Crippen LogP contribution in [0.4, 0.5) is 5.69 Å². The van der Waals surface area contributed by atoms with Gasteiger partial charge in [-0.05, 0) is 55.0 Å². The van der Waals surface area contributed by atoms with E-state index in [1.165, 1.54) is 6.08 Å². The van der Waals surface area contributed by atoms with Crippen LogP contribution in [0, 0.1) is 6.92 Å². The predicted octanol–water partition coefficient (Wildman–Crippen LogP) is 3.19. The Balaban J connectivity index is 1.49. The second-order valence-corrected chi connectivity index (χ2v) is 6.43. The molecule has 1 aliphatic rings. The van der Waals surface area contributed by atoms with Gasteiger partial charge in [0.1, 0.15) is 0 Å². The maximum absolute atomic E-state index is 12.0. The van der Waals surface area contributed by atoms with Crippen LogP contribution >= 0.6 is 12.2 Å². The highest BCUT2D eigenvalue weighted by atomic mass is 32.1. The van der Waals surface area contributed by atoms with Gasteiger partial charge in [0, 0.05) is 18.2 Å². The summed E-state index contributed by atoms with van der Waals surface area (Å²) in [6.07, 6.45) is 3.97. The van der Waals surface area contributed by atoms with E-state index >= 15 is 0 Å². The molecule has 3 N–H and O–H groups in total. The smallest absolute Gasteiger partial charge is 0.262 e. The lowest BCUT2D eigenvalue weighted by Gasteiger charge is -2.10. The predicted molar refractivity (Wildman–Crippen MR) is 110 cm³/mol. The first-order valence-electron chi connectivity index (χ1n) is 8.61. The van der Waals surface area contributed by atoms with E-state index in [2.05, 4.69) is 16.2 Å². The summed E-state index contributed by atoms with van der Waals surface area (Å²) in [4.78, 5) is 12.0. The van der Waals surface area contributed by atoms with E-state index in [0.29, 0.717) is 24.1 Å². The molecule has 27 heavy (non-hydrogen) atoms. The SMILES string of the molecule is Cc1ccc(NC(=S)NNC(=O)C=Cc2ccc3c(c2)OCCCO3)cc1. The zero-order chi connectivity index (χ0) is 19.1. The van der Waals surface area contributed by atoms with E-state index in [4.69, 9.17) is 21.7 Å². The zero-order valence-electron chi connectivity index (χ0n) is 15.0. The van der Waals surface area contributed by atoms with Gasteiger partial charge < -0.3 is 14.8 Å². The van der Waals surface area contributed by atoms with E-state index in [1.54, 1.807) is 6.08 Å². The molecule has 140 valence electrons. The fourth-order valence-electron chi connectivity index (χ4n) is 2.41. The van der Waals surface area contributed by atoms with Crippen molar-refractivity contribution in [1.82, 2.24) is 10.9 Å². The number of hydrazine groups is 1. The summed E-state index contributed by atoms with van der Waals surface area (Å²) >= 11 is 5.15.